The molecule has 2 heterocycles. The summed E-state index contributed by atoms with van der Waals surface area (Å²) in [5, 5.41) is 6.78. The molecule has 2 N–H and O–H groups in total. The zero-order valence-electron chi connectivity index (χ0n) is 23.5. The van der Waals surface area contributed by atoms with Crippen LogP contribution in [0.15, 0.2) is 80.3 Å². The lowest BCUT2D eigenvalue weighted by molar-refractivity contribution is -0.111. The molecular formula is C29H33N7O4S. The Labute approximate surface area is 239 Å². The quantitative estimate of drug-likeness (QED) is 0.238. The first-order valence-corrected chi connectivity index (χ1v) is 14.5. The number of para-hydroxylation sites is 1. The molecule has 0 saturated carbocycles. The molecule has 0 aliphatic carbocycles. The molecule has 0 fully saturated rings. The molecule has 0 spiro atoms. The number of aromatic nitrogens is 3. The summed E-state index contributed by atoms with van der Waals surface area (Å²) >= 11 is 0. The zero-order valence-corrected chi connectivity index (χ0v) is 24.3. The number of benzene rings is 2. The molecule has 0 unspecified atom stereocenters. The average Bonchev–Trinajstić information content (AvgIpc) is 3.35. The number of carbonyl (C=O) groups is 1. The van der Waals surface area contributed by atoms with E-state index in [1.165, 1.54) is 10.0 Å². The van der Waals surface area contributed by atoms with Gasteiger partial charge in [0.2, 0.25) is 21.9 Å². The maximum atomic E-state index is 12.4. The Bertz CT molecular complexity index is 1710. The highest BCUT2D eigenvalue weighted by molar-refractivity contribution is 7.89. The molecule has 2 aromatic heterocycles. The van der Waals surface area contributed by atoms with E-state index in [1.807, 2.05) is 36.0 Å². The fraction of sp³-hybridized carbons (Fsp3) is 0.207. The van der Waals surface area contributed by atoms with Crippen molar-refractivity contribution in [1.82, 2.24) is 18.8 Å². The second-order valence-electron chi connectivity index (χ2n) is 9.45. The normalized spacial score (nSPS) is 11.3. The number of nitrogens with zero attached hydrogens (tertiary/aromatic N) is 5. The highest BCUT2D eigenvalue weighted by Gasteiger charge is 2.19. The number of methoxy groups -OCH3 is 1. The van der Waals surface area contributed by atoms with E-state index in [9.17, 15) is 13.2 Å². The fourth-order valence-corrected chi connectivity index (χ4v) is 5.11. The van der Waals surface area contributed by atoms with E-state index in [4.69, 9.17) is 4.74 Å². The predicted octanol–water partition coefficient (Wildman–Crippen LogP) is 4.29. The van der Waals surface area contributed by atoms with Crippen molar-refractivity contribution < 1.29 is 17.9 Å². The van der Waals surface area contributed by atoms with Crippen LogP contribution in [0.1, 0.15) is 0 Å². The lowest BCUT2D eigenvalue weighted by Crippen LogP contribution is -2.28. The summed E-state index contributed by atoms with van der Waals surface area (Å²) in [6.45, 7) is 8.87. The molecule has 2 aromatic carbocycles. The number of ether oxygens (including phenoxy) is 1. The number of carbonyl (C=O) groups excluding carboxylic acids is 1. The van der Waals surface area contributed by atoms with E-state index >= 15 is 0 Å². The molecule has 0 radical (unpaired) electrons. The summed E-state index contributed by atoms with van der Waals surface area (Å²) < 4.78 is 31.8. The van der Waals surface area contributed by atoms with Crippen LogP contribution in [0.25, 0.3) is 22.2 Å². The third-order valence-corrected chi connectivity index (χ3v) is 7.31. The smallest absolute Gasteiger partial charge is 0.247 e. The van der Waals surface area contributed by atoms with Crippen LogP contribution in [-0.2, 0) is 14.8 Å². The maximum Gasteiger partial charge on any atom is 0.247 e. The van der Waals surface area contributed by atoms with Crippen LogP contribution in [0.2, 0.25) is 0 Å². The largest absolute Gasteiger partial charge is 0.494 e. The summed E-state index contributed by atoms with van der Waals surface area (Å²) in [5.41, 5.74) is 3.41. The van der Waals surface area contributed by atoms with E-state index in [1.54, 1.807) is 56.0 Å². The van der Waals surface area contributed by atoms with Gasteiger partial charge in [0.25, 0.3) is 0 Å². The standard InChI is InChI=1S/C29H33N7O4S/c1-7-28(37)31-23-17-24(27(40-5)18-26(23)35(8-2)16-15-34(3)4)33-29-30-14-13-22(32-29)21-19-36(41(6,38)39)25-12-10-9-11-20(21)25/h7-14,17-19H,1-2,15-16H2,3-6H3,(H,31,37)(H,30,32,33). The van der Waals surface area contributed by atoms with Crippen LogP contribution in [0, 0.1) is 0 Å². The van der Waals surface area contributed by atoms with Crippen LogP contribution in [0.4, 0.5) is 23.0 Å². The molecule has 214 valence electrons. The van der Waals surface area contributed by atoms with Gasteiger partial charge in [-0.05, 0) is 44.6 Å². The van der Waals surface area contributed by atoms with Gasteiger partial charge in [0.05, 0.1) is 41.6 Å². The van der Waals surface area contributed by atoms with Gasteiger partial charge in [-0.15, -0.1) is 0 Å². The molecule has 0 atom stereocenters. The van der Waals surface area contributed by atoms with Crippen molar-refractivity contribution in [3.8, 4) is 17.0 Å². The zero-order chi connectivity index (χ0) is 29.7. The Kier molecular flexibility index (Phi) is 8.74. The first-order chi connectivity index (χ1) is 19.5. The Hall–Kier alpha value is -4.68. The van der Waals surface area contributed by atoms with Gasteiger partial charge in [-0.25, -0.2) is 22.4 Å². The van der Waals surface area contributed by atoms with E-state index < -0.39 is 10.0 Å². The van der Waals surface area contributed by atoms with Gasteiger partial charge >= 0.3 is 0 Å². The minimum Gasteiger partial charge on any atom is -0.494 e. The molecule has 0 aliphatic heterocycles. The van der Waals surface area contributed by atoms with Crippen molar-refractivity contribution in [1.29, 1.82) is 0 Å². The number of hydrogen-bond donors (Lipinski definition) is 2. The minimum absolute atomic E-state index is 0.249. The molecule has 1 amide bonds. The maximum absolute atomic E-state index is 12.4. The second-order valence-corrected chi connectivity index (χ2v) is 11.3. The molecular weight excluding hydrogens is 542 g/mol. The third kappa shape index (κ3) is 6.56. The average molecular weight is 576 g/mol. The molecule has 41 heavy (non-hydrogen) atoms. The first kappa shape index (κ1) is 29.3. The summed E-state index contributed by atoms with van der Waals surface area (Å²) in [6, 6.07) is 12.5. The van der Waals surface area contributed by atoms with Crippen LogP contribution in [-0.4, -0.2) is 73.7 Å². The molecule has 4 rings (SSSR count). The molecule has 0 aliphatic rings. The van der Waals surface area contributed by atoms with E-state index in [-0.39, 0.29) is 11.9 Å². The minimum atomic E-state index is -3.54. The Balaban J connectivity index is 1.77. The van der Waals surface area contributed by atoms with Crippen LogP contribution >= 0.6 is 0 Å². The van der Waals surface area contributed by atoms with Crippen molar-refractivity contribution in [2.24, 2.45) is 0 Å². The molecule has 4 aromatic rings. The Morgan fingerprint density at radius 2 is 1.88 bits per heavy atom. The van der Waals surface area contributed by atoms with Crippen molar-refractivity contribution in [3.05, 3.63) is 80.3 Å². The molecule has 0 bridgehead atoms. The van der Waals surface area contributed by atoms with Gasteiger partial charge < -0.3 is 25.2 Å². The number of fused-ring (bicyclic) bond motifs is 1. The lowest BCUT2D eigenvalue weighted by atomic mass is 10.1. The number of amides is 1. The number of nitrogens with one attached hydrogen (secondary N) is 2. The van der Waals surface area contributed by atoms with E-state index in [2.05, 4.69) is 33.8 Å². The first-order valence-electron chi connectivity index (χ1n) is 12.7. The van der Waals surface area contributed by atoms with Crippen molar-refractivity contribution in [2.45, 2.75) is 0 Å². The fourth-order valence-electron chi connectivity index (χ4n) is 4.29. The summed E-state index contributed by atoms with van der Waals surface area (Å²) in [5.74, 6) is 0.356. The van der Waals surface area contributed by atoms with Crippen molar-refractivity contribution >= 4 is 49.8 Å². The van der Waals surface area contributed by atoms with Gasteiger partial charge in [0, 0.05) is 42.5 Å². The predicted molar refractivity (Wildman–Crippen MR) is 164 cm³/mol. The topological polar surface area (TPSA) is 122 Å². The summed E-state index contributed by atoms with van der Waals surface area (Å²) in [4.78, 5) is 25.3. The van der Waals surface area contributed by atoms with E-state index in [0.29, 0.717) is 46.1 Å². The van der Waals surface area contributed by atoms with Gasteiger partial charge in [0.1, 0.15) is 5.75 Å². The van der Waals surface area contributed by atoms with Crippen molar-refractivity contribution in [3.63, 3.8) is 0 Å². The Morgan fingerprint density at radius 3 is 2.54 bits per heavy atom. The molecule has 0 saturated heterocycles. The highest BCUT2D eigenvalue weighted by Crippen LogP contribution is 2.39. The second kappa shape index (κ2) is 12.2. The van der Waals surface area contributed by atoms with Crippen LogP contribution in [0.5, 0.6) is 5.75 Å². The Morgan fingerprint density at radius 1 is 1.12 bits per heavy atom. The van der Waals surface area contributed by atoms with Gasteiger partial charge in [-0.2, -0.15) is 0 Å². The monoisotopic (exact) mass is 575 g/mol. The molecule has 11 nitrogen and oxygen atoms in total. The van der Waals surface area contributed by atoms with Crippen LogP contribution < -0.4 is 20.3 Å². The summed E-state index contributed by atoms with van der Waals surface area (Å²) in [7, 11) is 1.95. The van der Waals surface area contributed by atoms with Crippen LogP contribution in [0.3, 0.4) is 0 Å². The number of hydrogen-bond acceptors (Lipinski definition) is 9. The van der Waals surface area contributed by atoms with Gasteiger partial charge in [-0.1, -0.05) is 31.4 Å². The third-order valence-electron chi connectivity index (χ3n) is 6.29. The number of rotatable bonds is 12. The summed E-state index contributed by atoms with van der Waals surface area (Å²) in [6.07, 6.45) is 7.18. The van der Waals surface area contributed by atoms with Gasteiger partial charge in [0.15, 0.2) is 0 Å². The van der Waals surface area contributed by atoms with E-state index in [0.717, 1.165) is 18.2 Å². The molecule has 12 heteroatoms. The number of anilines is 4. The lowest BCUT2D eigenvalue weighted by Gasteiger charge is -2.26. The highest BCUT2D eigenvalue weighted by atomic mass is 32.2. The van der Waals surface area contributed by atoms with Crippen molar-refractivity contribution in [2.75, 3.05) is 56.1 Å². The van der Waals surface area contributed by atoms with Gasteiger partial charge in [-0.3, -0.25) is 4.79 Å². The number of likely N-dealkylation sites (N-methyl/N-ethyl adjacent to an activating group) is 1. The SMILES string of the molecule is C=CC(=O)Nc1cc(Nc2nccc(-c3cn(S(C)(=O)=O)c4ccccc34)n2)c(OC)cc1N(C=C)CCN(C)C.